The molecule has 1 aliphatic rings. The number of rotatable bonds is 4. The average Bonchev–Trinajstić information content (AvgIpc) is 3.24. The topological polar surface area (TPSA) is 46.9 Å². The molecule has 1 heterocycles. The van der Waals surface area contributed by atoms with E-state index in [0.717, 1.165) is 12.8 Å². The van der Waals surface area contributed by atoms with Gasteiger partial charge in [-0.05, 0) is 18.9 Å². The third kappa shape index (κ3) is 2.50. The molecule has 19 heavy (non-hydrogen) atoms. The van der Waals surface area contributed by atoms with E-state index in [1.165, 1.54) is 6.07 Å². The third-order valence-corrected chi connectivity index (χ3v) is 3.21. The molecule has 5 heteroatoms. The molecule has 3 rings (SSSR count). The van der Waals surface area contributed by atoms with E-state index >= 15 is 0 Å². The minimum absolute atomic E-state index is 0.138. The highest BCUT2D eigenvalue weighted by molar-refractivity contribution is 5.33. The predicted molar refractivity (Wildman–Crippen MR) is 70.5 cm³/mol. The first-order valence-electron chi connectivity index (χ1n) is 6.30. The maximum Gasteiger partial charge on any atom is 0.293 e. The quantitative estimate of drug-likeness (QED) is 0.916. The highest BCUT2D eigenvalue weighted by atomic mass is 19.1. The highest BCUT2D eigenvalue weighted by Crippen LogP contribution is 2.33. The van der Waals surface area contributed by atoms with Gasteiger partial charge in [0.05, 0.1) is 0 Å². The van der Waals surface area contributed by atoms with Crippen LogP contribution in [0.2, 0.25) is 0 Å². The Labute approximate surface area is 109 Å². The summed E-state index contributed by atoms with van der Waals surface area (Å²) in [5, 5.41) is 2.91. The smallest absolute Gasteiger partial charge is 0.293 e. The molecule has 0 bridgehead atoms. The summed E-state index contributed by atoms with van der Waals surface area (Å²) >= 11 is 0. The van der Waals surface area contributed by atoms with Gasteiger partial charge in [0.2, 0.25) is 0 Å². The second kappa shape index (κ2) is 4.84. The second-order valence-electron chi connectivity index (χ2n) is 4.66. The number of hydrogen-bond donors (Lipinski definition) is 1. The number of aromatic nitrogens is 2. The molecule has 98 valence electrons. The maximum atomic E-state index is 13.5. The molecule has 0 unspecified atom stereocenters. The molecule has 0 atom stereocenters. The van der Waals surface area contributed by atoms with Gasteiger partial charge in [0.1, 0.15) is 5.82 Å². The van der Waals surface area contributed by atoms with Crippen LogP contribution in [-0.4, -0.2) is 9.55 Å². The Hall–Kier alpha value is -2.17. The van der Waals surface area contributed by atoms with Gasteiger partial charge in [0.15, 0.2) is 5.82 Å². The summed E-state index contributed by atoms with van der Waals surface area (Å²) < 4.78 is 15.2. The minimum Gasteiger partial charge on any atom is -0.361 e. The van der Waals surface area contributed by atoms with Crippen LogP contribution in [0.15, 0.2) is 41.5 Å². The van der Waals surface area contributed by atoms with Crippen LogP contribution in [0.3, 0.4) is 0 Å². The van der Waals surface area contributed by atoms with Crippen molar-refractivity contribution in [2.45, 2.75) is 25.4 Å². The molecule has 2 aromatic rings. The van der Waals surface area contributed by atoms with Gasteiger partial charge in [-0.3, -0.25) is 4.79 Å². The van der Waals surface area contributed by atoms with Gasteiger partial charge in [0.25, 0.3) is 5.56 Å². The Bertz CT molecular complexity index is 649. The number of hydrogen-bond acceptors (Lipinski definition) is 3. The van der Waals surface area contributed by atoms with Gasteiger partial charge in [-0.2, -0.15) is 0 Å². The Morgan fingerprint density at radius 2 is 2.16 bits per heavy atom. The molecular weight excluding hydrogens is 245 g/mol. The first-order valence-corrected chi connectivity index (χ1v) is 6.30. The molecule has 1 fully saturated rings. The van der Waals surface area contributed by atoms with Gasteiger partial charge >= 0.3 is 0 Å². The van der Waals surface area contributed by atoms with Crippen molar-refractivity contribution in [3.63, 3.8) is 0 Å². The average molecular weight is 259 g/mol. The van der Waals surface area contributed by atoms with Crippen molar-refractivity contribution in [3.8, 4) is 0 Å². The number of nitrogens with one attached hydrogen (secondary N) is 1. The minimum atomic E-state index is -0.284. The Morgan fingerprint density at radius 3 is 2.89 bits per heavy atom. The molecule has 4 nitrogen and oxygen atoms in total. The Kier molecular flexibility index (Phi) is 3.03. The second-order valence-corrected chi connectivity index (χ2v) is 4.66. The van der Waals surface area contributed by atoms with Gasteiger partial charge in [-0.15, -0.1) is 0 Å². The highest BCUT2D eigenvalue weighted by Gasteiger charge is 2.25. The van der Waals surface area contributed by atoms with Gasteiger partial charge in [-0.1, -0.05) is 18.2 Å². The molecule has 1 N–H and O–H groups in total. The summed E-state index contributed by atoms with van der Waals surface area (Å²) in [6.45, 7) is 0.254. The molecule has 0 amide bonds. The standard InChI is InChI=1S/C14H14FN3O/c15-12-4-2-1-3-10(12)9-17-13-14(19)18(8-7-16-13)11-5-6-11/h1-4,7-8,11H,5-6,9H2,(H,16,17). The number of halogens is 1. The lowest BCUT2D eigenvalue weighted by Gasteiger charge is -2.08. The normalized spacial score (nSPS) is 14.4. The van der Waals surface area contributed by atoms with Crippen LogP contribution in [0, 0.1) is 5.82 Å². The number of nitrogens with zero attached hydrogens (tertiary/aromatic N) is 2. The van der Waals surface area contributed by atoms with Crippen LogP contribution < -0.4 is 10.9 Å². The molecule has 0 spiro atoms. The first-order chi connectivity index (χ1) is 9.25. The molecule has 0 radical (unpaired) electrons. The monoisotopic (exact) mass is 259 g/mol. The lowest BCUT2D eigenvalue weighted by atomic mass is 10.2. The van der Waals surface area contributed by atoms with Crippen LogP contribution in [0.25, 0.3) is 0 Å². The van der Waals surface area contributed by atoms with Crippen LogP contribution in [0.1, 0.15) is 24.4 Å². The Balaban J connectivity index is 1.79. The van der Waals surface area contributed by atoms with Crippen LogP contribution in [-0.2, 0) is 6.54 Å². The van der Waals surface area contributed by atoms with E-state index in [1.807, 2.05) is 0 Å². The van der Waals surface area contributed by atoms with Crippen molar-refractivity contribution in [3.05, 3.63) is 58.4 Å². The predicted octanol–water partition coefficient (Wildman–Crippen LogP) is 2.33. The zero-order valence-electron chi connectivity index (χ0n) is 10.3. The lowest BCUT2D eigenvalue weighted by molar-refractivity contribution is 0.612. The van der Waals surface area contributed by atoms with Gasteiger partial charge in [-0.25, -0.2) is 9.37 Å². The van der Waals surface area contributed by atoms with E-state index < -0.39 is 0 Å². The molecule has 1 aromatic carbocycles. The summed E-state index contributed by atoms with van der Waals surface area (Å²) in [6, 6.07) is 6.80. The van der Waals surface area contributed by atoms with E-state index in [4.69, 9.17) is 0 Å². The van der Waals surface area contributed by atoms with E-state index in [9.17, 15) is 9.18 Å². The zero-order chi connectivity index (χ0) is 13.2. The van der Waals surface area contributed by atoms with Crippen molar-refractivity contribution in [2.75, 3.05) is 5.32 Å². The van der Waals surface area contributed by atoms with E-state index in [1.54, 1.807) is 35.2 Å². The zero-order valence-corrected chi connectivity index (χ0v) is 10.3. The van der Waals surface area contributed by atoms with Gasteiger partial charge < -0.3 is 9.88 Å². The SMILES string of the molecule is O=c1c(NCc2ccccc2F)nccn1C1CC1. The van der Waals surface area contributed by atoms with Crippen LogP contribution in [0.5, 0.6) is 0 Å². The number of benzene rings is 1. The largest absolute Gasteiger partial charge is 0.361 e. The summed E-state index contributed by atoms with van der Waals surface area (Å²) in [7, 11) is 0. The first kappa shape index (κ1) is 11.9. The van der Waals surface area contributed by atoms with Gasteiger partial charge in [0, 0.05) is 30.5 Å². The fourth-order valence-corrected chi connectivity index (χ4v) is 2.01. The van der Waals surface area contributed by atoms with E-state index in [0.29, 0.717) is 11.6 Å². The van der Waals surface area contributed by atoms with Crippen molar-refractivity contribution >= 4 is 5.82 Å². The van der Waals surface area contributed by atoms with E-state index in [-0.39, 0.29) is 23.7 Å². The summed E-state index contributed by atoms with van der Waals surface area (Å²) in [5.41, 5.74) is 0.381. The molecule has 1 saturated carbocycles. The van der Waals surface area contributed by atoms with Crippen LogP contribution >= 0.6 is 0 Å². The fourth-order valence-electron chi connectivity index (χ4n) is 2.01. The molecule has 0 aliphatic heterocycles. The molecule has 1 aliphatic carbocycles. The fraction of sp³-hybridized carbons (Fsp3) is 0.286. The third-order valence-electron chi connectivity index (χ3n) is 3.21. The number of anilines is 1. The summed E-state index contributed by atoms with van der Waals surface area (Å²) in [5.74, 6) is -0.00824. The lowest BCUT2D eigenvalue weighted by Crippen LogP contribution is -2.23. The summed E-state index contributed by atoms with van der Waals surface area (Å²) in [4.78, 5) is 16.1. The van der Waals surface area contributed by atoms with Crippen molar-refractivity contribution < 1.29 is 4.39 Å². The van der Waals surface area contributed by atoms with Crippen molar-refractivity contribution in [1.82, 2.24) is 9.55 Å². The molecular formula is C14H14FN3O. The van der Waals surface area contributed by atoms with Crippen molar-refractivity contribution in [2.24, 2.45) is 0 Å². The maximum absolute atomic E-state index is 13.5. The summed E-state index contributed by atoms with van der Waals surface area (Å²) in [6.07, 6.45) is 5.38. The van der Waals surface area contributed by atoms with E-state index in [2.05, 4.69) is 10.3 Å². The Morgan fingerprint density at radius 1 is 1.37 bits per heavy atom. The van der Waals surface area contributed by atoms with Crippen molar-refractivity contribution in [1.29, 1.82) is 0 Å². The molecule has 1 aromatic heterocycles. The van der Waals surface area contributed by atoms with Crippen LogP contribution in [0.4, 0.5) is 10.2 Å². The molecule has 0 saturated heterocycles.